The van der Waals surface area contributed by atoms with Crippen molar-refractivity contribution >= 4 is 23.0 Å². The van der Waals surface area contributed by atoms with Crippen molar-refractivity contribution in [1.82, 2.24) is 0 Å². The number of hydrogen-bond donors (Lipinski definition) is 1. The van der Waals surface area contributed by atoms with Crippen LogP contribution in [0, 0.1) is 0 Å². The fourth-order valence-electron chi connectivity index (χ4n) is 2.11. The third kappa shape index (κ3) is 4.41. The molecular weight excluding hydrogens is 341 g/mol. The van der Waals surface area contributed by atoms with E-state index in [4.69, 9.17) is 16.4 Å². The summed E-state index contributed by atoms with van der Waals surface area (Å²) in [5.41, 5.74) is 1.49. The van der Waals surface area contributed by atoms with Gasteiger partial charge in [0.05, 0.1) is 11.3 Å². The van der Waals surface area contributed by atoms with Crippen LogP contribution in [0.2, 0.25) is 5.02 Å². The van der Waals surface area contributed by atoms with Crippen LogP contribution < -0.4 is 5.32 Å². The molecule has 0 aliphatic heterocycles. The molecule has 0 amide bonds. The van der Waals surface area contributed by atoms with Gasteiger partial charge in [-0.3, -0.25) is 0 Å². The van der Waals surface area contributed by atoms with E-state index >= 15 is 0 Å². The normalized spacial score (nSPS) is 12.2. The van der Waals surface area contributed by atoms with Gasteiger partial charge in [-0.1, -0.05) is 35.0 Å². The highest BCUT2D eigenvalue weighted by Crippen LogP contribution is 2.29. The van der Waals surface area contributed by atoms with Crippen molar-refractivity contribution in [1.29, 1.82) is 0 Å². The SMILES string of the molecule is CNc1cccc(Cl)c1CON=C(C)c1cccc(C(F)(F)F)c1. The first-order valence-corrected chi connectivity index (χ1v) is 7.50. The Morgan fingerprint density at radius 2 is 1.92 bits per heavy atom. The summed E-state index contributed by atoms with van der Waals surface area (Å²) in [7, 11) is 1.76. The first-order valence-electron chi connectivity index (χ1n) is 7.12. The van der Waals surface area contributed by atoms with Crippen molar-refractivity contribution in [3.05, 3.63) is 64.2 Å². The first-order chi connectivity index (χ1) is 11.3. The minimum Gasteiger partial charge on any atom is -0.391 e. The summed E-state index contributed by atoms with van der Waals surface area (Å²) in [5, 5.41) is 7.41. The molecule has 0 aliphatic carbocycles. The topological polar surface area (TPSA) is 33.6 Å². The van der Waals surface area contributed by atoms with E-state index in [0.717, 1.165) is 23.4 Å². The summed E-state index contributed by atoms with van der Waals surface area (Å²) in [5.74, 6) is 0. The quantitative estimate of drug-likeness (QED) is 0.579. The summed E-state index contributed by atoms with van der Waals surface area (Å²) in [6.07, 6.45) is -4.39. The maximum Gasteiger partial charge on any atom is 0.416 e. The number of nitrogens with one attached hydrogen (secondary N) is 1. The third-order valence-electron chi connectivity index (χ3n) is 3.41. The molecule has 0 atom stereocenters. The van der Waals surface area contributed by atoms with Crippen LogP contribution in [0.5, 0.6) is 0 Å². The maximum atomic E-state index is 12.7. The van der Waals surface area contributed by atoms with Gasteiger partial charge in [-0.15, -0.1) is 0 Å². The number of nitrogens with zero attached hydrogens (tertiary/aromatic N) is 1. The van der Waals surface area contributed by atoms with Crippen molar-refractivity contribution in [2.45, 2.75) is 19.7 Å². The zero-order valence-electron chi connectivity index (χ0n) is 13.1. The van der Waals surface area contributed by atoms with E-state index in [-0.39, 0.29) is 6.61 Å². The van der Waals surface area contributed by atoms with E-state index in [1.54, 1.807) is 32.2 Å². The molecule has 0 saturated heterocycles. The second-order valence-corrected chi connectivity index (χ2v) is 5.45. The predicted molar refractivity (Wildman–Crippen MR) is 89.4 cm³/mol. The highest BCUT2D eigenvalue weighted by atomic mass is 35.5. The van der Waals surface area contributed by atoms with Gasteiger partial charge in [0.1, 0.15) is 6.61 Å². The third-order valence-corrected chi connectivity index (χ3v) is 3.76. The van der Waals surface area contributed by atoms with Gasteiger partial charge in [0.25, 0.3) is 0 Å². The van der Waals surface area contributed by atoms with Gasteiger partial charge in [0, 0.05) is 23.3 Å². The molecular formula is C17H16ClF3N2O. The lowest BCUT2D eigenvalue weighted by Gasteiger charge is -2.11. The van der Waals surface area contributed by atoms with E-state index in [1.165, 1.54) is 6.07 Å². The standard InChI is InChI=1S/C17H16ClF3N2O/c1-11(12-5-3-6-13(9-12)17(19,20)21)23-24-10-14-15(18)7-4-8-16(14)22-2/h3-9,22H,10H2,1-2H3. The average Bonchev–Trinajstić information content (AvgIpc) is 2.55. The Balaban J connectivity index is 2.13. The molecule has 0 heterocycles. The smallest absolute Gasteiger partial charge is 0.391 e. The molecule has 7 heteroatoms. The molecule has 128 valence electrons. The van der Waals surface area contributed by atoms with Crippen LogP contribution in [0.3, 0.4) is 0 Å². The molecule has 0 aliphatic rings. The zero-order chi connectivity index (χ0) is 17.7. The van der Waals surface area contributed by atoms with Crippen LogP contribution >= 0.6 is 11.6 Å². The van der Waals surface area contributed by atoms with Crippen molar-refractivity contribution in [2.75, 3.05) is 12.4 Å². The minimum atomic E-state index is -4.39. The fraction of sp³-hybridized carbons (Fsp3) is 0.235. The second kappa shape index (κ2) is 7.57. The molecule has 0 aromatic heterocycles. The molecule has 0 radical (unpaired) electrons. The van der Waals surface area contributed by atoms with E-state index in [0.29, 0.717) is 16.3 Å². The first kappa shape index (κ1) is 18.1. The number of anilines is 1. The summed E-state index contributed by atoms with van der Waals surface area (Å²) < 4.78 is 38.2. The zero-order valence-corrected chi connectivity index (χ0v) is 13.9. The number of benzene rings is 2. The summed E-state index contributed by atoms with van der Waals surface area (Å²) in [6.45, 7) is 1.69. The summed E-state index contributed by atoms with van der Waals surface area (Å²) in [4.78, 5) is 5.27. The Morgan fingerprint density at radius 3 is 2.58 bits per heavy atom. The molecule has 0 bridgehead atoms. The summed E-state index contributed by atoms with van der Waals surface area (Å²) in [6, 6.07) is 10.3. The Bertz CT molecular complexity index is 745. The number of halogens is 4. The summed E-state index contributed by atoms with van der Waals surface area (Å²) >= 11 is 6.12. The molecule has 0 fully saturated rings. The van der Waals surface area contributed by atoms with E-state index in [2.05, 4.69) is 10.5 Å². The molecule has 2 aromatic rings. The van der Waals surface area contributed by atoms with Gasteiger partial charge in [-0.05, 0) is 36.8 Å². The van der Waals surface area contributed by atoms with Crippen LogP contribution in [0.1, 0.15) is 23.6 Å². The molecule has 2 aromatic carbocycles. The second-order valence-electron chi connectivity index (χ2n) is 5.04. The number of alkyl halides is 3. The van der Waals surface area contributed by atoms with Gasteiger partial charge in [-0.25, -0.2) is 0 Å². The molecule has 0 unspecified atom stereocenters. The fourth-order valence-corrected chi connectivity index (χ4v) is 2.34. The highest BCUT2D eigenvalue weighted by Gasteiger charge is 2.30. The minimum absolute atomic E-state index is 0.103. The molecule has 0 saturated carbocycles. The lowest BCUT2D eigenvalue weighted by atomic mass is 10.1. The number of rotatable bonds is 5. The van der Waals surface area contributed by atoms with Crippen molar-refractivity contribution in [2.24, 2.45) is 5.16 Å². The van der Waals surface area contributed by atoms with Crippen LogP contribution in [0.15, 0.2) is 47.6 Å². The molecule has 3 nitrogen and oxygen atoms in total. The Kier molecular flexibility index (Phi) is 5.72. The van der Waals surface area contributed by atoms with E-state index in [1.807, 2.05) is 6.07 Å². The van der Waals surface area contributed by atoms with Gasteiger partial charge in [0.15, 0.2) is 0 Å². The van der Waals surface area contributed by atoms with Gasteiger partial charge >= 0.3 is 6.18 Å². The number of hydrogen-bond acceptors (Lipinski definition) is 3. The average molecular weight is 357 g/mol. The van der Waals surface area contributed by atoms with Crippen LogP contribution in [-0.4, -0.2) is 12.8 Å². The molecule has 1 N–H and O–H groups in total. The van der Waals surface area contributed by atoms with Gasteiger partial charge in [-0.2, -0.15) is 13.2 Å². The van der Waals surface area contributed by atoms with Crippen molar-refractivity contribution < 1.29 is 18.0 Å². The monoisotopic (exact) mass is 356 g/mol. The molecule has 2 rings (SSSR count). The van der Waals surface area contributed by atoms with Gasteiger partial charge in [0.2, 0.25) is 0 Å². The predicted octanol–water partition coefficient (Wildman–Crippen LogP) is 5.34. The highest BCUT2D eigenvalue weighted by molar-refractivity contribution is 6.31. The lowest BCUT2D eigenvalue weighted by molar-refractivity contribution is -0.137. The van der Waals surface area contributed by atoms with Crippen LogP contribution in [0.4, 0.5) is 18.9 Å². The van der Waals surface area contributed by atoms with Crippen molar-refractivity contribution in [3.63, 3.8) is 0 Å². The maximum absolute atomic E-state index is 12.7. The van der Waals surface area contributed by atoms with Crippen LogP contribution in [-0.2, 0) is 17.6 Å². The van der Waals surface area contributed by atoms with Crippen molar-refractivity contribution in [3.8, 4) is 0 Å². The lowest BCUT2D eigenvalue weighted by Crippen LogP contribution is -2.07. The Morgan fingerprint density at radius 1 is 1.21 bits per heavy atom. The van der Waals surface area contributed by atoms with E-state index in [9.17, 15) is 13.2 Å². The Labute approximate surface area is 143 Å². The Hall–Kier alpha value is -2.21. The number of oxime groups is 1. The largest absolute Gasteiger partial charge is 0.416 e. The molecule has 0 spiro atoms. The van der Waals surface area contributed by atoms with Crippen LogP contribution in [0.25, 0.3) is 0 Å². The van der Waals surface area contributed by atoms with Gasteiger partial charge < -0.3 is 10.2 Å². The van der Waals surface area contributed by atoms with E-state index < -0.39 is 11.7 Å². The molecule has 24 heavy (non-hydrogen) atoms.